The summed E-state index contributed by atoms with van der Waals surface area (Å²) in [5.41, 5.74) is 4.50. The number of aryl methyl sites for hydroxylation is 1. The lowest BCUT2D eigenvalue weighted by atomic mass is 10.1. The van der Waals surface area contributed by atoms with E-state index in [9.17, 15) is 4.79 Å². The van der Waals surface area contributed by atoms with Crippen molar-refractivity contribution in [2.75, 3.05) is 31.1 Å². The van der Waals surface area contributed by atoms with E-state index in [0.29, 0.717) is 23.7 Å². The van der Waals surface area contributed by atoms with Gasteiger partial charge in [0.15, 0.2) is 0 Å². The first-order valence-electron chi connectivity index (χ1n) is 9.12. The lowest BCUT2D eigenvalue weighted by Crippen LogP contribution is -2.49. The van der Waals surface area contributed by atoms with Crippen LogP contribution in [0.3, 0.4) is 0 Å². The number of halogens is 2. The third kappa shape index (κ3) is 3.73. The smallest absolute Gasteiger partial charge is 0.257 e. The van der Waals surface area contributed by atoms with Crippen molar-refractivity contribution in [2.24, 2.45) is 0 Å². The summed E-state index contributed by atoms with van der Waals surface area (Å²) in [4.78, 5) is 17.2. The fourth-order valence-electron chi connectivity index (χ4n) is 3.53. The number of H-pyrrole nitrogens is 1. The minimum absolute atomic E-state index is 0.0128. The summed E-state index contributed by atoms with van der Waals surface area (Å²) in [6.45, 7) is 4.90. The van der Waals surface area contributed by atoms with Crippen LogP contribution in [-0.4, -0.2) is 47.2 Å². The Morgan fingerprint density at radius 1 is 1.00 bits per heavy atom. The van der Waals surface area contributed by atoms with Gasteiger partial charge in [-0.05, 0) is 36.8 Å². The first kappa shape index (κ1) is 18.8. The maximum atomic E-state index is 13.1. The molecule has 144 valence electrons. The Balaban J connectivity index is 1.49. The first-order chi connectivity index (χ1) is 13.5. The molecule has 0 spiro atoms. The van der Waals surface area contributed by atoms with E-state index in [1.54, 1.807) is 18.3 Å². The molecule has 0 atom stereocenters. The molecule has 1 amide bonds. The number of aromatic nitrogens is 2. The van der Waals surface area contributed by atoms with Crippen molar-refractivity contribution >= 4 is 34.8 Å². The van der Waals surface area contributed by atoms with Crippen LogP contribution in [0.1, 0.15) is 15.9 Å². The van der Waals surface area contributed by atoms with Crippen molar-refractivity contribution in [2.45, 2.75) is 6.92 Å². The fraction of sp³-hybridized carbons (Fsp3) is 0.238. The predicted octanol–water partition coefficient (Wildman–Crippen LogP) is 4.65. The Kier molecular flexibility index (Phi) is 5.29. The molecule has 2 aromatic carbocycles. The molecular weight excluding hydrogens is 395 g/mol. The van der Waals surface area contributed by atoms with Gasteiger partial charge in [0.1, 0.15) is 0 Å². The molecule has 1 saturated heterocycles. The van der Waals surface area contributed by atoms with Gasteiger partial charge < -0.3 is 9.80 Å². The molecule has 5 nitrogen and oxygen atoms in total. The number of rotatable bonds is 3. The highest BCUT2D eigenvalue weighted by Crippen LogP contribution is 2.27. The Morgan fingerprint density at radius 3 is 2.39 bits per heavy atom. The zero-order chi connectivity index (χ0) is 19.7. The number of anilines is 1. The van der Waals surface area contributed by atoms with Crippen LogP contribution in [0.5, 0.6) is 0 Å². The van der Waals surface area contributed by atoms with Gasteiger partial charge in [0.2, 0.25) is 0 Å². The van der Waals surface area contributed by atoms with Crippen LogP contribution < -0.4 is 4.90 Å². The van der Waals surface area contributed by atoms with Gasteiger partial charge in [0.25, 0.3) is 5.91 Å². The van der Waals surface area contributed by atoms with E-state index in [4.69, 9.17) is 23.2 Å². The number of carbonyl (C=O) groups excluding carboxylic acids is 1. The van der Waals surface area contributed by atoms with Crippen molar-refractivity contribution in [3.05, 3.63) is 69.8 Å². The molecule has 7 heteroatoms. The third-order valence-electron chi connectivity index (χ3n) is 5.08. The molecule has 1 aromatic heterocycles. The van der Waals surface area contributed by atoms with Crippen LogP contribution >= 0.6 is 23.2 Å². The number of amides is 1. The summed E-state index contributed by atoms with van der Waals surface area (Å²) in [5, 5.41) is 8.42. The van der Waals surface area contributed by atoms with Crippen LogP contribution in [-0.2, 0) is 0 Å². The second-order valence-electron chi connectivity index (χ2n) is 6.88. The van der Waals surface area contributed by atoms with E-state index < -0.39 is 0 Å². The third-order valence-corrected chi connectivity index (χ3v) is 5.57. The van der Waals surface area contributed by atoms with Crippen molar-refractivity contribution < 1.29 is 4.79 Å². The zero-order valence-electron chi connectivity index (χ0n) is 15.5. The SMILES string of the molecule is Cc1ccc(Cl)cc1N1CCN(C(=O)c2cn[nH]c2-c2ccc(Cl)cc2)CC1. The molecule has 0 saturated carbocycles. The van der Waals surface area contributed by atoms with E-state index >= 15 is 0 Å². The average molecular weight is 415 g/mol. The minimum atomic E-state index is -0.0128. The summed E-state index contributed by atoms with van der Waals surface area (Å²) in [5.74, 6) is -0.0128. The highest BCUT2D eigenvalue weighted by atomic mass is 35.5. The summed E-state index contributed by atoms with van der Waals surface area (Å²) in [6.07, 6.45) is 1.60. The maximum absolute atomic E-state index is 13.1. The number of nitrogens with one attached hydrogen (secondary N) is 1. The molecule has 0 radical (unpaired) electrons. The van der Waals surface area contributed by atoms with Crippen LogP contribution in [0.2, 0.25) is 10.0 Å². The van der Waals surface area contributed by atoms with Gasteiger partial charge in [-0.1, -0.05) is 41.4 Å². The van der Waals surface area contributed by atoms with E-state index in [1.165, 1.54) is 5.56 Å². The molecule has 0 bridgehead atoms. The molecule has 1 N–H and O–H groups in total. The van der Waals surface area contributed by atoms with Crippen LogP contribution in [0, 0.1) is 6.92 Å². The molecule has 4 rings (SSSR count). The van der Waals surface area contributed by atoms with Crippen molar-refractivity contribution in [1.29, 1.82) is 0 Å². The van der Waals surface area contributed by atoms with Gasteiger partial charge in [-0.2, -0.15) is 5.10 Å². The van der Waals surface area contributed by atoms with Gasteiger partial charge in [-0.25, -0.2) is 0 Å². The minimum Gasteiger partial charge on any atom is -0.368 e. The molecular formula is C21H20Cl2N4O. The predicted molar refractivity (Wildman–Crippen MR) is 113 cm³/mol. The molecule has 1 fully saturated rings. The van der Waals surface area contributed by atoms with Crippen LogP contribution in [0.15, 0.2) is 48.7 Å². The van der Waals surface area contributed by atoms with Gasteiger partial charge in [-0.3, -0.25) is 9.89 Å². The van der Waals surface area contributed by atoms with E-state index in [1.807, 2.05) is 35.2 Å². The summed E-state index contributed by atoms with van der Waals surface area (Å²) < 4.78 is 0. The van der Waals surface area contributed by atoms with E-state index in [2.05, 4.69) is 22.0 Å². The number of hydrogen-bond donors (Lipinski definition) is 1. The Morgan fingerprint density at radius 2 is 1.68 bits per heavy atom. The van der Waals surface area contributed by atoms with E-state index in [0.717, 1.165) is 35.1 Å². The average Bonchev–Trinajstić information content (AvgIpc) is 3.20. The van der Waals surface area contributed by atoms with Crippen LogP contribution in [0.25, 0.3) is 11.3 Å². The molecule has 0 aliphatic carbocycles. The summed E-state index contributed by atoms with van der Waals surface area (Å²) in [6, 6.07) is 13.3. The van der Waals surface area contributed by atoms with Gasteiger partial charge in [-0.15, -0.1) is 0 Å². The highest BCUT2D eigenvalue weighted by Gasteiger charge is 2.26. The summed E-state index contributed by atoms with van der Waals surface area (Å²) in [7, 11) is 0. The molecule has 1 aliphatic rings. The second-order valence-corrected chi connectivity index (χ2v) is 7.75. The molecule has 28 heavy (non-hydrogen) atoms. The molecule has 1 aliphatic heterocycles. The molecule has 3 aromatic rings. The van der Waals surface area contributed by atoms with Gasteiger partial charge in [0.05, 0.1) is 17.5 Å². The summed E-state index contributed by atoms with van der Waals surface area (Å²) >= 11 is 12.1. The van der Waals surface area contributed by atoms with E-state index in [-0.39, 0.29) is 5.91 Å². The highest BCUT2D eigenvalue weighted by molar-refractivity contribution is 6.31. The van der Waals surface area contributed by atoms with Crippen molar-refractivity contribution in [3.63, 3.8) is 0 Å². The van der Waals surface area contributed by atoms with Crippen LogP contribution in [0.4, 0.5) is 5.69 Å². The standard InChI is InChI=1S/C21H20Cl2N4O/c1-14-2-5-17(23)12-19(14)26-8-10-27(11-9-26)21(28)18-13-24-25-20(18)15-3-6-16(22)7-4-15/h2-7,12-13H,8-11H2,1H3,(H,24,25). The number of carbonyl (C=O) groups is 1. The lowest BCUT2D eigenvalue weighted by Gasteiger charge is -2.36. The number of aromatic amines is 1. The Bertz CT molecular complexity index is 992. The molecule has 0 unspecified atom stereocenters. The molecule has 2 heterocycles. The van der Waals surface area contributed by atoms with Crippen molar-refractivity contribution in [1.82, 2.24) is 15.1 Å². The normalized spacial score (nSPS) is 14.4. The zero-order valence-corrected chi connectivity index (χ0v) is 17.0. The van der Waals surface area contributed by atoms with Gasteiger partial charge >= 0.3 is 0 Å². The fourth-order valence-corrected chi connectivity index (χ4v) is 3.82. The van der Waals surface area contributed by atoms with Crippen molar-refractivity contribution in [3.8, 4) is 11.3 Å². The monoisotopic (exact) mass is 414 g/mol. The first-order valence-corrected chi connectivity index (χ1v) is 9.88. The largest absolute Gasteiger partial charge is 0.368 e. The quantitative estimate of drug-likeness (QED) is 0.677. The topological polar surface area (TPSA) is 52.2 Å². The van der Waals surface area contributed by atoms with Gasteiger partial charge in [0, 0.05) is 47.5 Å². The Hall–Kier alpha value is -2.50. The Labute approximate surface area is 173 Å². The number of nitrogens with zero attached hydrogens (tertiary/aromatic N) is 3. The lowest BCUT2D eigenvalue weighted by molar-refractivity contribution is 0.0747. The number of piperazine rings is 1. The second kappa shape index (κ2) is 7.86. The number of benzene rings is 2. The maximum Gasteiger partial charge on any atom is 0.257 e. The number of hydrogen-bond acceptors (Lipinski definition) is 3.